The molecule has 23 heavy (non-hydrogen) atoms. The molecule has 2 rings (SSSR count). The van der Waals surface area contributed by atoms with Crippen molar-refractivity contribution in [3.05, 3.63) is 59.2 Å². The molecule has 0 aliphatic carbocycles. The molecule has 0 bridgehead atoms. The number of phenolic OH excluding ortho intramolecular Hbond substituents is 1. The van der Waals surface area contributed by atoms with E-state index in [1.54, 1.807) is 43.3 Å². The maximum atomic E-state index is 11.9. The van der Waals surface area contributed by atoms with Crippen LogP contribution in [0, 0.1) is 18.3 Å². The first kappa shape index (κ1) is 16.0. The van der Waals surface area contributed by atoms with Crippen molar-refractivity contribution in [3.63, 3.8) is 0 Å². The molecular weight excluding hydrogens is 296 g/mol. The Labute approximate surface area is 132 Å². The lowest BCUT2D eigenvalue weighted by molar-refractivity contribution is -0.119. The number of aromatic hydroxyl groups is 1. The van der Waals surface area contributed by atoms with Gasteiger partial charge in [0.05, 0.1) is 11.3 Å². The first-order chi connectivity index (χ1) is 11.0. The van der Waals surface area contributed by atoms with E-state index in [0.717, 1.165) is 0 Å². The Kier molecular flexibility index (Phi) is 4.95. The lowest BCUT2D eigenvalue weighted by Gasteiger charge is -2.09. The van der Waals surface area contributed by atoms with Crippen LogP contribution in [0.2, 0.25) is 0 Å². The first-order valence-electron chi connectivity index (χ1n) is 6.77. The van der Waals surface area contributed by atoms with E-state index in [9.17, 15) is 14.7 Å². The lowest BCUT2D eigenvalue weighted by Crippen LogP contribution is -2.21. The van der Waals surface area contributed by atoms with Gasteiger partial charge in [0, 0.05) is 0 Å². The van der Waals surface area contributed by atoms with Crippen LogP contribution >= 0.6 is 0 Å². The highest BCUT2D eigenvalue weighted by molar-refractivity contribution is 5.97. The van der Waals surface area contributed by atoms with Gasteiger partial charge < -0.3 is 15.2 Å². The zero-order chi connectivity index (χ0) is 16.8. The summed E-state index contributed by atoms with van der Waals surface area (Å²) >= 11 is 0. The van der Waals surface area contributed by atoms with Gasteiger partial charge in [0.2, 0.25) is 0 Å². The molecule has 6 nitrogen and oxygen atoms in total. The van der Waals surface area contributed by atoms with E-state index < -0.39 is 18.5 Å². The third kappa shape index (κ3) is 3.86. The number of para-hydroxylation sites is 2. The third-order valence-corrected chi connectivity index (χ3v) is 3.11. The summed E-state index contributed by atoms with van der Waals surface area (Å²) < 4.78 is 4.88. The molecule has 116 valence electrons. The quantitative estimate of drug-likeness (QED) is 0.845. The maximum Gasteiger partial charge on any atom is 0.342 e. The average molecular weight is 310 g/mol. The van der Waals surface area contributed by atoms with Crippen molar-refractivity contribution < 1.29 is 19.4 Å². The number of carbonyl (C=O) groups is 2. The van der Waals surface area contributed by atoms with E-state index in [1.807, 2.05) is 6.07 Å². The van der Waals surface area contributed by atoms with Crippen molar-refractivity contribution in [2.75, 3.05) is 11.9 Å². The molecule has 2 N–H and O–H groups in total. The molecule has 2 aromatic carbocycles. The summed E-state index contributed by atoms with van der Waals surface area (Å²) in [5.41, 5.74) is 1.18. The highest BCUT2D eigenvalue weighted by Crippen LogP contribution is 2.22. The van der Waals surface area contributed by atoms with Crippen molar-refractivity contribution in [1.82, 2.24) is 0 Å². The van der Waals surface area contributed by atoms with Crippen molar-refractivity contribution in [2.24, 2.45) is 0 Å². The number of hydrogen-bond donors (Lipinski definition) is 2. The topological polar surface area (TPSA) is 99.4 Å². The summed E-state index contributed by atoms with van der Waals surface area (Å²) in [6.45, 7) is 1.13. The molecule has 0 radical (unpaired) electrons. The number of anilines is 1. The van der Waals surface area contributed by atoms with Crippen molar-refractivity contribution in [3.8, 4) is 11.8 Å². The minimum atomic E-state index is -0.796. The van der Waals surface area contributed by atoms with E-state index in [0.29, 0.717) is 16.8 Å². The number of rotatable bonds is 4. The molecular formula is C17H14N2O4. The fourth-order valence-electron chi connectivity index (χ4n) is 1.91. The van der Waals surface area contributed by atoms with Gasteiger partial charge in [-0.1, -0.05) is 24.3 Å². The van der Waals surface area contributed by atoms with Gasteiger partial charge in [0.15, 0.2) is 6.61 Å². The molecule has 2 aromatic rings. The SMILES string of the molecule is Cc1cccc(C(=O)OCC(=O)Nc2ccccc2C#N)c1O. The first-order valence-corrected chi connectivity index (χ1v) is 6.77. The van der Waals surface area contributed by atoms with Crippen LogP contribution in [0.5, 0.6) is 5.75 Å². The fourth-order valence-corrected chi connectivity index (χ4v) is 1.91. The van der Waals surface area contributed by atoms with E-state index in [1.165, 1.54) is 6.07 Å². The van der Waals surface area contributed by atoms with Crippen LogP contribution in [-0.2, 0) is 9.53 Å². The largest absolute Gasteiger partial charge is 0.507 e. The number of aryl methyl sites for hydroxylation is 1. The van der Waals surface area contributed by atoms with Crippen LogP contribution in [0.1, 0.15) is 21.5 Å². The number of carbonyl (C=O) groups excluding carboxylic acids is 2. The Morgan fingerprint density at radius 2 is 1.96 bits per heavy atom. The Balaban J connectivity index is 1.98. The average Bonchev–Trinajstić information content (AvgIpc) is 2.55. The van der Waals surface area contributed by atoms with Gasteiger partial charge in [0.25, 0.3) is 5.91 Å². The molecule has 0 spiro atoms. The second kappa shape index (κ2) is 7.09. The van der Waals surface area contributed by atoms with Crippen molar-refractivity contribution >= 4 is 17.6 Å². The summed E-state index contributed by atoms with van der Waals surface area (Å²) in [5, 5.41) is 21.2. The normalized spacial score (nSPS) is 9.74. The molecule has 0 aliphatic heterocycles. The fraction of sp³-hybridized carbons (Fsp3) is 0.118. The molecule has 6 heteroatoms. The van der Waals surface area contributed by atoms with Crippen LogP contribution in [0.15, 0.2) is 42.5 Å². The summed E-state index contributed by atoms with van der Waals surface area (Å²) in [5.74, 6) is -1.55. The van der Waals surface area contributed by atoms with Gasteiger partial charge >= 0.3 is 5.97 Å². The van der Waals surface area contributed by atoms with Gasteiger partial charge in [-0.15, -0.1) is 0 Å². The number of hydrogen-bond acceptors (Lipinski definition) is 5. The predicted molar refractivity (Wildman–Crippen MR) is 82.9 cm³/mol. The monoisotopic (exact) mass is 310 g/mol. The summed E-state index contributed by atoms with van der Waals surface area (Å²) in [7, 11) is 0. The number of nitrogens with zero attached hydrogens (tertiary/aromatic N) is 1. The van der Waals surface area contributed by atoms with Crippen molar-refractivity contribution in [2.45, 2.75) is 6.92 Å². The lowest BCUT2D eigenvalue weighted by atomic mass is 10.1. The zero-order valence-electron chi connectivity index (χ0n) is 12.4. The third-order valence-electron chi connectivity index (χ3n) is 3.11. The maximum absolute atomic E-state index is 11.9. The van der Waals surface area contributed by atoms with Gasteiger partial charge in [-0.25, -0.2) is 4.79 Å². The highest BCUT2D eigenvalue weighted by atomic mass is 16.5. The Morgan fingerprint density at radius 3 is 2.70 bits per heavy atom. The second-order valence-corrected chi connectivity index (χ2v) is 4.75. The van der Waals surface area contributed by atoms with Crippen LogP contribution in [0.25, 0.3) is 0 Å². The Morgan fingerprint density at radius 1 is 1.22 bits per heavy atom. The molecule has 1 amide bonds. The molecule has 0 aromatic heterocycles. The Hall–Kier alpha value is -3.33. The van der Waals surface area contributed by atoms with Crippen LogP contribution in [0.3, 0.4) is 0 Å². The predicted octanol–water partition coefficient (Wildman–Crippen LogP) is 2.37. The standard InChI is InChI=1S/C17H14N2O4/c1-11-5-4-7-13(16(11)21)17(22)23-10-15(20)19-14-8-3-2-6-12(14)9-18/h2-8,21H,10H2,1H3,(H,19,20). The highest BCUT2D eigenvalue weighted by Gasteiger charge is 2.16. The number of esters is 1. The molecule has 0 saturated carbocycles. The number of amides is 1. The van der Waals surface area contributed by atoms with Crippen molar-refractivity contribution in [1.29, 1.82) is 5.26 Å². The van der Waals surface area contributed by atoms with Gasteiger partial charge in [0.1, 0.15) is 17.4 Å². The van der Waals surface area contributed by atoms with Crippen LogP contribution in [0.4, 0.5) is 5.69 Å². The molecule has 0 fully saturated rings. The number of ether oxygens (including phenoxy) is 1. The molecule has 0 heterocycles. The summed E-state index contributed by atoms with van der Waals surface area (Å²) in [4.78, 5) is 23.7. The summed E-state index contributed by atoms with van der Waals surface area (Å²) in [6.07, 6.45) is 0. The zero-order valence-corrected chi connectivity index (χ0v) is 12.4. The minimum Gasteiger partial charge on any atom is -0.507 e. The van der Waals surface area contributed by atoms with E-state index in [2.05, 4.69) is 5.32 Å². The van der Waals surface area contributed by atoms with Crippen LogP contribution in [-0.4, -0.2) is 23.6 Å². The van der Waals surface area contributed by atoms with E-state index in [-0.39, 0.29) is 11.3 Å². The van der Waals surface area contributed by atoms with E-state index >= 15 is 0 Å². The number of nitriles is 1. The molecule has 0 saturated heterocycles. The number of phenols is 1. The van der Waals surface area contributed by atoms with Crippen LogP contribution < -0.4 is 5.32 Å². The molecule has 0 aliphatic rings. The second-order valence-electron chi connectivity index (χ2n) is 4.75. The summed E-state index contributed by atoms with van der Waals surface area (Å²) in [6, 6.07) is 13.1. The molecule has 0 unspecified atom stereocenters. The minimum absolute atomic E-state index is 0.00442. The number of nitrogens with one attached hydrogen (secondary N) is 1. The van der Waals surface area contributed by atoms with Gasteiger partial charge in [-0.2, -0.15) is 5.26 Å². The van der Waals surface area contributed by atoms with Gasteiger partial charge in [-0.3, -0.25) is 4.79 Å². The number of benzene rings is 2. The molecule has 0 atom stereocenters. The van der Waals surface area contributed by atoms with Gasteiger partial charge in [-0.05, 0) is 30.7 Å². The Bertz CT molecular complexity index is 793. The smallest absolute Gasteiger partial charge is 0.342 e. The van der Waals surface area contributed by atoms with E-state index in [4.69, 9.17) is 10.00 Å².